The van der Waals surface area contributed by atoms with Gasteiger partial charge in [0.2, 0.25) is 0 Å². The van der Waals surface area contributed by atoms with Gasteiger partial charge >= 0.3 is 0 Å². The molecular formula is C18H17BrN4OS. The number of halogens is 1. The molecule has 25 heavy (non-hydrogen) atoms. The van der Waals surface area contributed by atoms with Gasteiger partial charge < -0.3 is 4.90 Å². The summed E-state index contributed by atoms with van der Waals surface area (Å²) in [4.78, 5) is 24.0. The van der Waals surface area contributed by atoms with Gasteiger partial charge in [-0.2, -0.15) is 0 Å². The molecule has 1 N–H and O–H groups in total. The summed E-state index contributed by atoms with van der Waals surface area (Å²) in [5, 5.41) is 3.45. The van der Waals surface area contributed by atoms with Gasteiger partial charge in [0.05, 0.1) is 5.56 Å². The first-order valence-corrected chi connectivity index (χ1v) is 9.26. The molecule has 0 saturated carbocycles. The summed E-state index contributed by atoms with van der Waals surface area (Å²) in [5.41, 5.74) is 1.73. The van der Waals surface area contributed by atoms with Crippen molar-refractivity contribution < 1.29 is 4.79 Å². The molecule has 2 aromatic heterocycles. The second-order valence-corrected chi connectivity index (χ2v) is 7.69. The Morgan fingerprint density at radius 1 is 1.20 bits per heavy atom. The molecule has 3 rings (SSSR count). The average Bonchev–Trinajstić information content (AvgIpc) is 3.03. The third kappa shape index (κ3) is 4.43. The van der Waals surface area contributed by atoms with Gasteiger partial charge in [-0.15, -0.1) is 11.3 Å². The zero-order chi connectivity index (χ0) is 17.8. The van der Waals surface area contributed by atoms with Crippen LogP contribution in [0.25, 0.3) is 0 Å². The predicted octanol–water partition coefficient (Wildman–Crippen LogP) is 4.21. The van der Waals surface area contributed by atoms with Crippen LogP contribution in [0.4, 0.5) is 10.9 Å². The topological polar surface area (TPSA) is 58.1 Å². The van der Waals surface area contributed by atoms with Gasteiger partial charge in [-0.05, 0) is 29.8 Å². The Bertz CT molecular complexity index is 877. The van der Waals surface area contributed by atoms with E-state index >= 15 is 0 Å². The second-order valence-electron chi connectivity index (χ2n) is 5.66. The van der Waals surface area contributed by atoms with E-state index in [4.69, 9.17) is 0 Å². The lowest BCUT2D eigenvalue weighted by atomic mass is 10.1. The van der Waals surface area contributed by atoms with Crippen molar-refractivity contribution >= 4 is 44.1 Å². The van der Waals surface area contributed by atoms with Crippen LogP contribution in [0.5, 0.6) is 0 Å². The summed E-state index contributed by atoms with van der Waals surface area (Å²) in [7, 11) is 3.72. The molecule has 128 valence electrons. The van der Waals surface area contributed by atoms with Crippen molar-refractivity contribution in [2.45, 2.75) is 6.42 Å². The fourth-order valence-electron chi connectivity index (χ4n) is 2.35. The van der Waals surface area contributed by atoms with Crippen LogP contribution in [0.2, 0.25) is 0 Å². The maximum absolute atomic E-state index is 12.5. The Kier molecular flexibility index (Phi) is 5.45. The molecule has 1 amide bonds. The monoisotopic (exact) mass is 416 g/mol. The van der Waals surface area contributed by atoms with Crippen LogP contribution in [0, 0.1) is 0 Å². The van der Waals surface area contributed by atoms with Gasteiger partial charge in [-0.3, -0.25) is 10.1 Å². The molecule has 2 heterocycles. The fourth-order valence-corrected chi connectivity index (χ4v) is 3.45. The number of hydrogen-bond donors (Lipinski definition) is 1. The van der Waals surface area contributed by atoms with E-state index in [1.165, 1.54) is 16.9 Å². The highest BCUT2D eigenvalue weighted by Gasteiger charge is 2.15. The lowest BCUT2D eigenvalue weighted by molar-refractivity contribution is 0.102. The zero-order valence-electron chi connectivity index (χ0n) is 13.9. The van der Waals surface area contributed by atoms with Crippen molar-refractivity contribution in [1.82, 2.24) is 9.97 Å². The summed E-state index contributed by atoms with van der Waals surface area (Å²) in [6.45, 7) is 0. The molecule has 1 aromatic carbocycles. The number of pyridine rings is 1. The average molecular weight is 417 g/mol. The lowest BCUT2D eigenvalue weighted by Crippen LogP contribution is -2.19. The number of rotatable bonds is 5. The first kappa shape index (κ1) is 17.6. The Morgan fingerprint density at radius 3 is 2.68 bits per heavy atom. The second kappa shape index (κ2) is 7.76. The van der Waals surface area contributed by atoms with Crippen molar-refractivity contribution in [1.29, 1.82) is 0 Å². The third-order valence-corrected chi connectivity index (χ3v) is 4.96. The van der Waals surface area contributed by atoms with Crippen LogP contribution in [0.1, 0.15) is 20.8 Å². The molecule has 0 aliphatic rings. The highest BCUT2D eigenvalue weighted by atomic mass is 79.9. The summed E-state index contributed by atoms with van der Waals surface area (Å²) < 4.78 is 1.06. The molecule has 0 saturated heterocycles. The van der Waals surface area contributed by atoms with Crippen LogP contribution in [-0.4, -0.2) is 30.0 Å². The van der Waals surface area contributed by atoms with Gasteiger partial charge in [0.1, 0.15) is 5.82 Å². The van der Waals surface area contributed by atoms with E-state index in [0.717, 1.165) is 15.8 Å². The van der Waals surface area contributed by atoms with Gasteiger partial charge in [-0.1, -0.05) is 28.1 Å². The minimum absolute atomic E-state index is 0.207. The molecule has 0 aliphatic carbocycles. The molecule has 0 radical (unpaired) electrons. The third-order valence-electron chi connectivity index (χ3n) is 3.52. The van der Waals surface area contributed by atoms with Gasteiger partial charge in [-0.25, -0.2) is 9.97 Å². The molecule has 5 nitrogen and oxygen atoms in total. The quantitative estimate of drug-likeness (QED) is 0.676. The maximum atomic E-state index is 12.5. The minimum atomic E-state index is -0.207. The first-order chi connectivity index (χ1) is 12.0. The van der Waals surface area contributed by atoms with Crippen molar-refractivity contribution in [3.63, 3.8) is 0 Å². The van der Waals surface area contributed by atoms with Crippen LogP contribution in [-0.2, 0) is 6.42 Å². The van der Waals surface area contributed by atoms with E-state index < -0.39 is 0 Å². The number of aromatic nitrogens is 2. The Morgan fingerprint density at radius 2 is 1.96 bits per heavy atom. The van der Waals surface area contributed by atoms with E-state index in [9.17, 15) is 4.79 Å². The van der Waals surface area contributed by atoms with Crippen LogP contribution in [0.15, 0.2) is 53.3 Å². The molecule has 0 aliphatic heterocycles. The Balaban J connectivity index is 1.71. The number of hydrogen-bond acceptors (Lipinski definition) is 5. The van der Waals surface area contributed by atoms with Gasteiger partial charge in [0.25, 0.3) is 5.91 Å². The number of thiazole rings is 1. The summed E-state index contributed by atoms with van der Waals surface area (Å²) in [6.07, 6.45) is 4.26. The van der Waals surface area contributed by atoms with E-state index in [1.807, 2.05) is 31.1 Å². The number of carbonyl (C=O) groups is 1. The number of benzene rings is 1. The maximum Gasteiger partial charge on any atom is 0.261 e. The van der Waals surface area contributed by atoms with Crippen LogP contribution in [0.3, 0.4) is 0 Å². The van der Waals surface area contributed by atoms with Crippen molar-refractivity contribution in [2.24, 2.45) is 0 Å². The Hall–Kier alpha value is -2.25. The van der Waals surface area contributed by atoms with Crippen molar-refractivity contribution in [3.8, 4) is 0 Å². The number of nitrogens with one attached hydrogen (secondary N) is 1. The van der Waals surface area contributed by atoms with E-state index in [-0.39, 0.29) is 5.91 Å². The molecule has 0 atom stereocenters. The molecule has 0 fully saturated rings. The Labute approximate surface area is 158 Å². The standard InChI is InChI=1S/C18H17BrN4OS/c1-23(2)16-15(4-3-9-20-16)17(24)22-18-21-11-14(25-18)10-12-5-7-13(19)8-6-12/h3-9,11H,10H2,1-2H3,(H,21,22,24). The molecule has 3 aromatic rings. The SMILES string of the molecule is CN(C)c1ncccc1C(=O)Nc1ncc(Cc2ccc(Br)cc2)s1. The van der Waals surface area contributed by atoms with Gasteiger partial charge in [0.15, 0.2) is 5.13 Å². The van der Waals surface area contributed by atoms with Crippen LogP contribution < -0.4 is 10.2 Å². The van der Waals surface area contributed by atoms with Gasteiger partial charge in [0, 0.05) is 42.3 Å². The highest BCUT2D eigenvalue weighted by molar-refractivity contribution is 9.10. The van der Waals surface area contributed by atoms with Crippen molar-refractivity contribution in [2.75, 3.05) is 24.3 Å². The number of amides is 1. The molecule has 0 unspecified atom stereocenters. The number of anilines is 2. The molecular weight excluding hydrogens is 400 g/mol. The normalized spacial score (nSPS) is 10.5. The zero-order valence-corrected chi connectivity index (χ0v) is 16.3. The lowest BCUT2D eigenvalue weighted by Gasteiger charge is -2.14. The predicted molar refractivity (Wildman–Crippen MR) is 106 cm³/mol. The van der Waals surface area contributed by atoms with E-state index in [2.05, 4.69) is 43.3 Å². The molecule has 0 bridgehead atoms. The summed E-state index contributed by atoms with van der Waals surface area (Å²) in [5.74, 6) is 0.424. The van der Waals surface area contributed by atoms with E-state index in [0.29, 0.717) is 16.5 Å². The number of nitrogens with zero attached hydrogens (tertiary/aromatic N) is 3. The summed E-state index contributed by atoms with van der Waals surface area (Å²) >= 11 is 4.91. The highest BCUT2D eigenvalue weighted by Crippen LogP contribution is 2.23. The van der Waals surface area contributed by atoms with Crippen molar-refractivity contribution in [3.05, 3.63) is 69.3 Å². The number of carbonyl (C=O) groups excluding carboxylic acids is 1. The minimum Gasteiger partial charge on any atom is -0.362 e. The smallest absolute Gasteiger partial charge is 0.261 e. The van der Waals surface area contributed by atoms with E-state index in [1.54, 1.807) is 24.5 Å². The molecule has 0 spiro atoms. The van der Waals surface area contributed by atoms with Crippen LogP contribution >= 0.6 is 27.3 Å². The first-order valence-electron chi connectivity index (χ1n) is 7.66. The largest absolute Gasteiger partial charge is 0.362 e. The summed E-state index contributed by atoms with van der Waals surface area (Å²) in [6, 6.07) is 11.7. The molecule has 7 heteroatoms. The fraction of sp³-hybridized carbons (Fsp3) is 0.167.